The number of rotatable bonds is 5. The largest absolute Gasteiger partial charge is 0.361 e. The van der Waals surface area contributed by atoms with Gasteiger partial charge >= 0.3 is 0 Å². The first-order valence-electron chi connectivity index (χ1n) is 9.76. The van der Waals surface area contributed by atoms with E-state index in [-0.39, 0.29) is 18.1 Å². The predicted molar refractivity (Wildman–Crippen MR) is 105 cm³/mol. The average molecular weight is 394 g/mol. The molecule has 1 fully saturated rings. The van der Waals surface area contributed by atoms with Gasteiger partial charge in [-0.25, -0.2) is 9.37 Å². The Morgan fingerprint density at radius 2 is 2.10 bits per heavy atom. The zero-order valence-corrected chi connectivity index (χ0v) is 16.6. The Hall–Kier alpha value is -3.09. The molecule has 7 heteroatoms. The SMILES string of the molecule is Cc1noc(C)c1-c1cncc(C[C@@H]2CCN(C(=O)Cc3ccccc3F)C2)n1. The van der Waals surface area contributed by atoms with E-state index >= 15 is 0 Å². The Bertz CT molecular complexity index is 1010. The van der Waals surface area contributed by atoms with Crippen molar-refractivity contribution in [2.75, 3.05) is 13.1 Å². The van der Waals surface area contributed by atoms with Crippen LogP contribution in [-0.2, 0) is 17.6 Å². The van der Waals surface area contributed by atoms with Crippen molar-refractivity contribution in [2.45, 2.75) is 33.1 Å². The maximum Gasteiger partial charge on any atom is 0.227 e. The number of halogens is 1. The van der Waals surface area contributed by atoms with Gasteiger partial charge in [-0.1, -0.05) is 23.4 Å². The maximum absolute atomic E-state index is 13.8. The number of nitrogens with zero attached hydrogens (tertiary/aromatic N) is 4. The lowest BCUT2D eigenvalue weighted by Crippen LogP contribution is -2.30. The minimum atomic E-state index is -0.331. The predicted octanol–water partition coefficient (Wildman–Crippen LogP) is 3.52. The molecule has 3 heterocycles. The molecule has 0 radical (unpaired) electrons. The quantitative estimate of drug-likeness (QED) is 0.662. The van der Waals surface area contributed by atoms with Crippen molar-refractivity contribution in [3.63, 3.8) is 0 Å². The van der Waals surface area contributed by atoms with Crippen LogP contribution in [0.15, 0.2) is 41.2 Å². The van der Waals surface area contributed by atoms with Crippen molar-refractivity contribution in [3.05, 3.63) is 65.2 Å². The van der Waals surface area contributed by atoms with Gasteiger partial charge in [0.25, 0.3) is 0 Å². The fraction of sp³-hybridized carbons (Fsp3) is 0.364. The third-order valence-electron chi connectivity index (χ3n) is 5.41. The highest BCUT2D eigenvalue weighted by molar-refractivity contribution is 5.79. The molecule has 0 N–H and O–H groups in total. The van der Waals surface area contributed by atoms with Crippen molar-refractivity contribution in [1.29, 1.82) is 0 Å². The molecule has 6 nitrogen and oxygen atoms in total. The number of amides is 1. The normalized spacial score (nSPS) is 16.4. The van der Waals surface area contributed by atoms with E-state index in [1.807, 2.05) is 18.7 Å². The van der Waals surface area contributed by atoms with Crippen LogP contribution in [0.1, 0.15) is 29.1 Å². The highest BCUT2D eigenvalue weighted by atomic mass is 19.1. The summed E-state index contributed by atoms with van der Waals surface area (Å²) in [5.41, 5.74) is 3.76. The van der Waals surface area contributed by atoms with Gasteiger partial charge in [0.15, 0.2) is 0 Å². The molecule has 29 heavy (non-hydrogen) atoms. The molecule has 1 atom stereocenters. The Morgan fingerprint density at radius 3 is 2.86 bits per heavy atom. The van der Waals surface area contributed by atoms with E-state index < -0.39 is 0 Å². The second-order valence-electron chi connectivity index (χ2n) is 7.56. The number of carbonyl (C=O) groups excluding carboxylic acids is 1. The summed E-state index contributed by atoms with van der Waals surface area (Å²) < 4.78 is 19.0. The second kappa shape index (κ2) is 8.11. The van der Waals surface area contributed by atoms with Crippen LogP contribution in [0.25, 0.3) is 11.3 Å². The number of benzene rings is 1. The lowest BCUT2D eigenvalue weighted by atomic mass is 10.0. The number of hydrogen-bond donors (Lipinski definition) is 0. The van der Waals surface area contributed by atoms with E-state index in [9.17, 15) is 9.18 Å². The average Bonchev–Trinajstić information content (AvgIpc) is 3.30. The summed E-state index contributed by atoms with van der Waals surface area (Å²) in [5.74, 6) is 0.671. The molecule has 1 saturated heterocycles. The first-order chi connectivity index (χ1) is 14.0. The number of aromatic nitrogens is 3. The summed E-state index contributed by atoms with van der Waals surface area (Å²) in [6, 6.07) is 6.44. The number of hydrogen-bond acceptors (Lipinski definition) is 5. The lowest BCUT2D eigenvalue weighted by Gasteiger charge is -2.17. The van der Waals surface area contributed by atoms with Crippen LogP contribution in [-0.4, -0.2) is 39.0 Å². The van der Waals surface area contributed by atoms with Gasteiger partial charge in [0.1, 0.15) is 11.6 Å². The summed E-state index contributed by atoms with van der Waals surface area (Å²) in [5, 5.41) is 3.98. The summed E-state index contributed by atoms with van der Waals surface area (Å²) in [6.45, 7) is 5.09. The molecular formula is C22H23FN4O2. The highest BCUT2D eigenvalue weighted by Gasteiger charge is 2.27. The first kappa shape index (κ1) is 19.2. The molecule has 1 aromatic carbocycles. The van der Waals surface area contributed by atoms with Gasteiger partial charge in [-0.2, -0.15) is 0 Å². The molecule has 1 aliphatic rings. The fourth-order valence-electron chi connectivity index (χ4n) is 3.91. The zero-order valence-electron chi connectivity index (χ0n) is 16.6. The summed E-state index contributed by atoms with van der Waals surface area (Å²) in [4.78, 5) is 23.4. The lowest BCUT2D eigenvalue weighted by molar-refractivity contribution is -0.129. The van der Waals surface area contributed by atoms with Crippen LogP contribution in [0.4, 0.5) is 4.39 Å². The van der Waals surface area contributed by atoms with E-state index in [1.54, 1.807) is 30.6 Å². The van der Waals surface area contributed by atoms with Crippen molar-refractivity contribution >= 4 is 5.91 Å². The van der Waals surface area contributed by atoms with Crippen LogP contribution < -0.4 is 0 Å². The van der Waals surface area contributed by atoms with Gasteiger partial charge in [-0.3, -0.25) is 9.78 Å². The van der Waals surface area contributed by atoms with Gasteiger partial charge in [0.05, 0.1) is 35.3 Å². The highest BCUT2D eigenvalue weighted by Crippen LogP contribution is 2.26. The Kier molecular flexibility index (Phi) is 5.38. The van der Waals surface area contributed by atoms with Crippen LogP contribution in [0.3, 0.4) is 0 Å². The van der Waals surface area contributed by atoms with Crippen LogP contribution >= 0.6 is 0 Å². The van der Waals surface area contributed by atoms with Crippen LogP contribution in [0.5, 0.6) is 0 Å². The van der Waals surface area contributed by atoms with Gasteiger partial charge in [-0.05, 0) is 44.2 Å². The monoisotopic (exact) mass is 394 g/mol. The number of carbonyl (C=O) groups is 1. The van der Waals surface area contributed by atoms with Crippen molar-refractivity contribution in [2.24, 2.45) is 5.92 Å². The molecule has 3 aromatic rings. The molecule has 0 unspecified atom stereocenters. The topological polar surface area (TPSA) is 72.1 Å². The smallest absolute Gasteiger partial charge is 0.227 e. The Balaban J connectivity index is 1.40. The zero-order chi connectivity index (χ0) is 20.4. The Labute approximate surface area is 168 Å². The third kappa shape index (κ3) is 4.18. The number of likely N-dealkylation sites (tertiary alicyclic amines) is 1. The minimum Gasteiger partial charge on any atom is -0.361 e. The van der Waals surface area contributed by atoms with Gasteiger partial charge in [0, 0.05) is 19.3 Å². The standard InChI is InChI=1S/C22H23FN4O2/c1-14-22(15(2)29-26-14)20-12-24-11-18(25-20)9-16-7-8-27(13-16)21(28)10-17-5-3-4-6-19(17)23/h3-6,11-12,16H,7-10,13H2,1-2H3/t16-/m0/s1. The van der Waals surface area contributed by atoms with E-state index in [1.165, 1.54) is 6.07 Å². The Morgan fingerprint density at radius 1 is 1.28 bits per heavy atom. The van der Waals surface area contributed by atoms with Crippen molar-refractivity contribution < 1.29 is 13.7 Å². The third-order valence-corrected chi connectivity index (χ3v) is 5.41. The summed E-state index contributed by atoms with van der Waals surface area (Å²) in [6.07, 6.45) is 5.23. The van der Waals surface area contributed by atoms with Crippen LogP contribution in [0.2, 0.25) is 0 Å². The molecule has 2 aromatic heterocycles. The maximum atomic E-state index is 13.8. The molecule has 0 saturated carbocycles. The first-order valence-corrected chi connectivity index (χ1v) is 9.76. The van der Waals surface area contributed by atoms with Gasteiger partial charge in [0.2, 0.25) is 5.91 Å². The summed E-state index contributed by atoms with van der Waals surface area (Å²) >= 11 is 0. The van der Waals surface area contributed by atoms with E-state index in [0.29, 0.717) is 24.6 Å². The van der Waals surface area contributed by atoms with E-state index in [4.69, 9.17) is 9.51 Å². The second-order valence-corrected chi connectivity index (χ2v) is 7.56. The molecule has 0 spiro atoms. The van der Waals surface area contributed by atoms with Crippen molar-refractivity contribution in [1.82, 2.24) is 20.0 Å². The van der Waals surface area contributed by atoms with Crippen LogP contribution in [0, 0.1) is 25.6 Å². The minimum absolute atomic E-state index is 0.0341. The molecular weight excluding hydrogens is 371 g/mol. The van der Waals surface area contributed by atoms with Gasteiger partial charge < -0.3 is 9.42 Å². The molecule has 1 amide bonds. The molecule has 4 rings (SSSR count). The van der Waals surface area contributed by atoms with E-state index in [2.05, 4.69) is 10.1 Å². The van der Waals surface area contributed by atoms with Crippen molar-refractivity contribution in [3.8, 4) is 11.3 Å². The van der Waals surface area contributed by atoms with Gasteiger partial charge in [-0.15, -0.1) is 0 Å². The number of aryl methyl sites for hydroxylation is 2. The van der Waals surface area contributed by atoms with E-state index in [0.717, 1.165) is 41.2 Å². The molecule has 0 bridgehead atoms. The molecule has 0 aliphatic carbocycles. The molecule has 1 aliphatic heterocycles. The fourth-order valence-corrected chi connectivity index (χ4v) is 3.91. The molecule has 150 valence electrons. The summed E-state index contributed by atoms with van der Waals surface area (Å²) in [7, 11) is 0.